The minimum absolute atomic E-state index is 0.601. The highest BCUT2D eigenvalue weighted by molar-refractivity contribution is 9.11. The van der Waals surface area contributed by atoms with Crippen LogP contribution in [0.3, 0.4) is 0 Å². The fourth-order valence-corrected chi connectivity index (χ4v) is 2.59. The molecule has 0 aliphatic rings. The highest BCUT2D eigenvalue weighted by Crippen LogP contribution is 2.12. The standard InChI is InChI=1S/C6H9BrOS2/c1-2-5-9-10(8)6-3-4-7/h2-4H,1,5-6H2. The van der Waals surface area contributed by atoms with Gasteiger partial charge in [-0.05, 0) is 11.1 Å². The molecule has 1 nitrogen and oxygen atoms in total. The van der Waals surface area contributed by atoms with Gasteiger partial charge in [-0.15, -0.1) is 6.58 Å². The minimum atomic E-state index is -0.791. The van der Waals surface area contributed by atoms with E-state index in [1.807, 2.05) is 6.08 Å². The lowest BCUT2D eigenvalue weighted by atomic mass is 10.8. The smallest absolute Gasteiger partial charge is 0.136 e. The molecule has 58 valence electrons. The minimum Gasteiger partial charge on any atom is -0.605 e. The Bertz CT molecular complexity index is 116. The molecule has 4 heteroatoms. The molecule has 0 fully saturated rings. The molecule has 0 aliphatic heterocycles. The van der Waals surface area contributed by atoms with Gasteiger partial charge in [0.15, 0.2) is 0 Å². The fourth-order valence-electron chi connectivity index (χ4n) is 0.287. The van der Waals surface area contributed by atoms with Gasteiger partial charge in [0.1, 0.15) is 5.75 Å². The maximum absolute atomic E-state index is 10.9. The Hall–Kier alpha value is 0.620. The molecule has 0 saturated heterocycles. The zero-order valence-corrected chi connectivity index (χ0v) is 8.68. The van der Waals surface area contributed by atoms with Crippen LogP contribution >= 0.6 is 26.7 Å². The van der Waals surface area contributed by atoms with Crippen molar-refractivity contribution in [2.24, 2.45) is 0 Å². The van der Waals surface area contributed by atoms with Gasteiger partial charge >= 0.3 is 0 Å². The average molecular weight is 241 g/mol. The van der Waals surface area contributed by atoms with Crippen LogP contribution in [0.4, 0.5) is 0 Å². The summed E-state index contributed by atoms with van der Waals surface area (Å²) < 4.78 is 10.9. The Morgan fingerprint density at radius 3 is 2.90 bits per heavy atom. The van der Waals surface area contributed by atoms with Crippen molar-refractivity contribution >= 4 is 36.9 Å². The monoisotopic (exact) mass is 240 g/mol. The molecular weight excluding hydrogens is 232 g/mol. The van der Waals surface area contributed by atoms with Crippen molar-refractivity contribution in [2.45, 2.75) is 0 Å². The number of hydrogen-bond donors (Lipinski definition) is 0. The van der Waals surface area contributed by atoms with Gasteiger partial charge in [-0.2, -0.15) is 0 Å². The molecule has 0 aromatic carbocycles. The maximum atomic E-state index is 10.9. The summed E-state index contributed by atoms with van der Waals surface area (Å²) in [5.41, 5.74) is 0. The first-order chi connectivity index (χ1) is 4.81. The lowest BCUT2D eigenvalue weighted by molar-refractivity contribution is 0.612. The van der Waals surface area contributed by atoms with Crippen LogP contribution < -0.4 is 0 Å². The molecule has 1 unspecified atom stereocenters. The molecule has 0 aromatic heterocycles. The van der Waals surface area contributed by atoms with Crippen molar-refractivity contribution < 1.29 is 4.55 Å². The molecule has 0 heterocycles. The van der Waals surface area contributed by atoms with Gasteiger partial charge in [-0.25, -0.2) is 0 Å². The van der Waals surface area contributed by atoms with Crippen LogP contribution in [0.25, 0.3) is 0 Å². The first kappa shape index (κ1) is 10.6. The van der Waals surface area contributed by atoms with E-state index < -0.39 is 10.2 Å². The summed E-state index contributed by atoms with van der Waals surface area (Å²) in [5.74, 6) is 1.35. The van der Waals surface area contributed by atoms with Gasteiger partial charge in [0.2, 0.25) is 0 Å². The second kappa shape index (κ2) is 7.72. The maximum Gasteiger partial charge on any atom is 0.136 e. The summed E-state index contributed by atoms with van der Waals surface area (Å²) in [6.45, 7) is 3.53. The zero-order valence-electron chi connectivity index (χ0n) is 5.46. The van der Waals surface area contributed by atoms with E-state index in [-0.39, 0.29) is 0 Å². The van der Waals surface area contributed by atoms with Gasteiger partial charge in [-0.3, -0.25) is 0 Å². The molecule has 0 amide bonds. The van der Waals surface area contributed by atoms with Crippen molar-refractivity contribution in [1.82, 2.24) is 0 Å². The lowest BCUT2D eigenvalue weighted by Crippen LogP contribution is -1.97. The second-order valence-electron chi connectivity index (χ2n) is 1.41. The Labute approximate surface area is 76.7 Å². The topological polar surface area (TPSA) is 23.1 Å². The van der Waals surface area contributed by atoms with Gasteiger partial charge in [0.25, 0.3) is 0 Å². The number of hydrogen-bond acceptors (Lipinski definition) is 2. The molecule has 0 radical (unpaired) electrons. The van der Waals surface area contributed by atoms with Gasteiger partial charge in [-0.1, -0.05) is 22.0 Å². The average Bonchev–Trinajstić information content (AvgIpc) is 1.97. The Balaban J connectivity index is 3.24. The van der Waals surface area contributed by atoms with Crippen LogP contribution in [-0.2, 0) is 10.2 Å². The summed E-state index contributed by atoms with van der Waals surface area (Å²) in [6.07, 6.45) is 3.58. The fraction of sp³-hybridized carbons (Fsp3) is 0.333. The van der Waals surface area contributed by atoms with E-state index in [1.165, 1.54) is 10.8 Å². The summed E-state index contributed by atoms with van der Waals surface area (Å²) >= 11 is 3.10. The van der Waals surface area contributed by atoms with Crippen molar-refractivity contribution in [3.8, 4) is 0 Å². The van der Waals surface area contributed by atoms with E-state index in [0.29, 0.717) is 5.75 Å². The molecule has 0 spiro atoms. The van der Waals surface area contributed by atoms with Crippen molar-refractivity contribution in [2.75, 3.05) is 11.5 Å². The van der Waals surface area contributed by atoms with E-state index >= 15 is 0 Å². The molecule has 0 saturated carbocycles. The highest BCUT2D eigenvalue weighted by atomic mass is 79.9. The molecule has 0 rings (SSSR count). The third-order valence-corrected chi connectivity index (χ3v) is 3.72. The molecule has 0 N–H and O–H groups in total. The van der Waals surface area contributed by atoms with E-state index in [0.717, 1.165) is 5.75 Å². The molecule has 0 bridgehead atoms. The Morgan fingerprint density at radius 1 is 1.70 bits per heavy atom. The quantitative estimate of drug-likeness (QED) is 0.419. The van der Waals surface area contributed by atoms with Crippen LogP contribution in [-0.4, -0.2) is 16.1 Å². The largest absolute Gasteiger partial charge is 0.605 e. The predicted molar refractivity (Wildman–Crippen MR) is 53.7 cm³/mol. The van der Waals surface area contributed by atoms with Crippen LogP contribution in [0.15, 0.2) is 23.7 Å². The molecule has 1 atom stereocenters. The van der Waals surface area contributed by atoms with Crippen LogP contribution in [0.1, 0.15) is 0 Å². The SMILES string of the molecule is C=CCS[S+]([O-])CC=CBr. The lowest BCUT2D eigenvalue weighted by Gasteiger charge is -2.02. The van der Waals surface area contributed by atoms with E-state index in [1.54, 1.807) is 11.1 Å². The van der Waals surface area contributed by atoms with Crippen LogP contribution in [0.5, 0.6) is 0 Å². The van der Waals surface area contributed by atoms with E-state index in [9.17, 15) is 4.55 Å². The second-order valence-corrected chi connectivity index (χ2v) is 5.27. The third kappa shape index (κ3) is 6.74. The first-order valence-corrected chi connectivity index (χ1v) is 6.42. The Morgan fingerprint density at radius 2 is 2.40 bits per heavy atom. The van der Waals surface area contributed by atoms with E-state index in [4.69, 9.17) is 0 Å². The van der Waals surface area contributed by atoms with Crippen LogP contribution in [0.2, 0.25) is 0 Å². The highest BCUT2D eigenvalue weighted by Gasteiger charge is 2.01. The molecule has 0 aliphatic carbocycles. The van der Waals surface area contributed by atoms with Gasteiger partial charge in [0.05, 0.1) is 16.5 Å². The van der Waals surface area contributed by atoms with Crippen molar-refractivity contribution in [1.29, 1.82) is 0 Å². The van der Waals surface area contributed by atoms with E-state index in [2.05, 4.69) is 22.5 Å². The van der Waals surface area contributed by atoms with Crippen LogP contribution in [0, 0.1) is 0 Å². The molecular formula is C6H9BrOS2. The van der Waals surface area contributed by atoms with Gasteiger partial charge in [0, 0.05) is 10.2 Å². The summed E-state index contributed by atoms with van der Waals surface area (Å²) in [7, 11) is 0.607. The van der Waals surface area contributed by atoms with Crippen molar-refractivity contribution in [3.63, 3.8) is 0 Å². The zero-order chi connectivity index (χ0) is 7.82. The molecule has 0 aromatic rings. The summed E-state index contributed by atoms with van der Waals surface area (Å²) in [5, 5.41) is 0. The summed E-state index contributed by atoms with van der Waals surface area (Å²) in [6, 6.07) is 0. The summed E-state index contributed by atoms with van der Waals surface area (Å²) in [4.78, 5) is 1.72. The normalized spacial score (nSPS) is 13.8. The predicted octanol–water partition coefficient (Wildman–Crippen LogP) is 2.48. The first-order valence-electron chi connectivity index (χ1n) is 2.69. The number of halogens is 1. The number of rotatable bonds is 5. The third-order valence-electron chi connectivity index (χ3n) is 0.639. The van der Waals surface area contributed by atoms with Crippen molar-refractivity contribution in [3.05, 3.63) is 23.7 Å². The van der Waals surface area contributed by atoms with Gasteiger partial charge < -0.3 is 4.55 Å². The molecule has 10 heavy (non-hydrogen) atoms. The Kier molecular flexibility index (Phi) is 8.20.